The number of rotatable bonds is 4. The standard InChI is InChI=1S/C17H20F3N3O2/c1-11(23-7-5-12(10-24)6-8-23)16-21-15(22-25-16)13-3-2-4-14(9-13)17(18,19)20/h2-4,9,11-12,24H,5-8,10H2,1H3. The Hall–Kier alpha value is -1.93. The van der Waals surface area contributed by atoms with E-state index in [-0.39, 0.29) is 24.0 Å². The second-order valence-corrected chi connectivity index (χ2v) is 6.37. The van der Waals surface area contributed by atoms with Crippen LogP contribution in [-0.4, -0.2) is 39.8 Å². The number of hydrogen-bond donors (Lipinski definition) is 1. The van der Waals surface area contributed by atoms with Crippen molar-refractivity contribution in [2.24, 2.45) is 5.92 Å². The van der Waals surface area contributed by atoms with Crippen LogP contribution in [0, 0.1) is 5.92 Å². The molecule has 1 aliphatic heterocycles. The Morgan fingerprint density at radius 2 is 2.04 bits per heavy atom. The highest BCUT2D eigenvalue weighted by atomic mass is 19.4. The molecule has 0 aliphatic carbocycles. The molecule has 1 unspecified atom stereocenters. The molecule has 0 saturated carbocycles. The van der Waals surface area contributed by atoms with Gasteiger partial charge in [-0.1, -0.05) is 17.3 Å². The van der Waals surface area contributed by atoms with Crippen LogP contribution in [0.25, 0.3) is 11.4 Å². The molecule has 3 rings (SSSR count). The number of benzene rings is 1. The third-order valence-corrected chi connectivity index (χ3v) is 4.70. The van der Waals surface area contributed by atoms with Gasteiger partial charge in [0.2, 0.25) is 11.7 Å². The molecule has 2 heterocycles. The number of aliphatic hydroxyl groups excluding tert-OH is 1. The van der Waals surface area contributed by atoms with Crippen molar-refractivity contribution < 1.29 is 22.8 Å². The maximum Gasteiger partial charge on any atom is 0.416 e. The first-order valence-corrected chi connectivity index (χ1v) is 8.24. The van der Waals surface area contributed by atoms with Crippen LogP contribution >= 0.6 is 0 Å². The number of aromatic nitrogens is 2. The van der Waals surface area contributed by atoms with Gasteiger partial charge in [0.15, 0.2) is 0 Å². The van der Waals surface area contributed by atoms with Gasteiger partial charge in [-0.15, -0.1) is 0 Å². The number of aliphatic hydroxyl groups is 1. The van der Waals surface area contributed by atoms with Crippen molar-refractivity contribution in [3.05, 3.63) is 35.7 Å². The third-order valence-electron chi connectivity index (χ3n) is 4.70. The SMILES string of the molecule is CC(c1nc(-c2cccc(C(F)(F)F)c2)no1)N1CCC(CO)CC1. The number of halogens is 3. The summed E-state index contributed by atoms with van der Waals surface area (Å²) in [7, 11) is 0. The molecule has 0 spiro atoms. The van der Waals surface area contributed by atoms with Crippen molar-refractivity contribution in [3.63, 3.8) is 0 Å². The Morgan fingerprint density at radius 3 is 2.68 bits per heavy atom. The Bertz CT molecular complexity index is 709. The maximum atomic E-state index is 12.8. The summed E-state index contributed by atoms with van der Waals surface area (Å²) in [5.74, 6) is 0.861. The van der Waals surface area contributed by atoms with Crippen LogP contribution in [0.1, 0.15) is 37.3 Å². The van der Waals surface area contributed by atoms with Gasteiger partial charge in [0.05, 0.1) is 11.6 Å². The lowest BCUT2D eigenvalue weighted by Gasteiger charge is -2.33. The van der Waals surface area contributed by atoms with Gasteiger partial charge in [0, 0.05) is 12.2 Å². The average molecular weight is 355 g/mol. The van der Waals surface area contributed by atoms with Crippen LogP contribution in [0.4, 0.5) is 13.2 Å². The molecular weight excluding hydrogens is 335 g/mol. The topological polar surface area (TPSA) is 62.4 Å². The van der Waals surface area contributed by atoms with E-state index in [0.29, 0.717) is 11.8 Å². The summed E-state index contributed by atoms with van der Waals surface area (Å²) in [5.41, 5.74) is -0.466. The van der Waals surface area contributed by atoms with Crippen LogP contribution < -0.4 is 0 Å². The average Bonchev–Trinajstić information content (AvgIpc) is 3.11. The Morgan fingerprint density at radius 1 is 1.32 bits per heavy atom. The molecule has 1 fully saturated rings. The van der Waals surface area contributed by atoms with Crippen LogP contribution in [0.3, 0.4) is 0 Å². The van der Waals surface area contributed by atoms with E-state index in [0.717, 1.165) is 38.1 Å². The zero-order chi connectivity index (χ0) is 18.0. The number of hydrogen-bond acceptors (Lipinski definition) is 5. The molecule has 0 radical (unpaired) electrons. The summed E-state index contributed by atoms with van der Waals surface area (Å²) in [5, 5.41) is 13.0. The molecule has 1 atom stereocenters. The zero-order valence-electron chi connectivity index (χ0n) is 13.8. The molecule has 8 heteroatoms. The lowest BCUT2D eigenvalue weighted by atomic mass is 9.97. The first kappa shape index (κ1) is 17.9. The van der Waals surface area contributed by atoms with Crippen LogP contribution in [-0.2, 0) is 6.18 Å². The highest BCUT2D eigenvalue weighted by Crippen LogP contribution is 2.32. The minimum atomic E-state index is -4.41. The number of alkyl halides is 3. The summed E-state index contributed by atoms with van der Waals surface area (Å²) in [4.78, 5) is 6.46. The first-order chi connectivity index (χ1) is 11.9. The van der Waals surface area contributed by atoms with Gasteiger partial charge in [0.1, 0.15) is 0 Å². The van der Waals surface area contributed by atoms with E-state index in [2.05, 4.69) is 15.0 Å². The molecule has 136 valence electrons. The van der Waals surface area contributed by atoms with Crippen LogP contribution in [0.5, 0.6) is 0 Å². The van der Waals surface area contributed by atoms with Crippen LogP contribution in [0.2, 0.25) is 0 Å². The molecule has 1 N–H and O–H groups in total. The van der Waals surface area contributed by atoms with Gasteiger partial charge in [-0.05, 0) is 50.9 Å². The summed E-state index contributed by atoms with van der Waals surface area (Å²) < 4.78 is 43.8. The van der Waals surface area contributed by atoms with Crippen molar-refractivity contribution in [2.75, 3.05) is 19.7 Å². The van der Waals surface area contributed by atoms with Crippen LogP contribution in [0.15, 0.2) is 28.8 Å². The molecule has 25 heavy (non-hydrogen) atoms. The summed E-state index contributed by atoms with van der Waals surface area (Å²) in [6, 6.07) is 4.77. The smallest absolute Gasteiger partial charge is 0.396 e. The Kier molecular flexibility index (Phi) is 5.10. The van der Waals surface area contributed by atoms with Gasteiger partial charge in [-0.25, -0.2) is 0 Å². The molecule has 1 aromatic carbocycles. The van der Waals surface area contributed by atoms with Crippen molar-refractivity contribution in [2.45, 2.75) is 32.0 Å². The second kappa shape index (κ2) is 7.13. The fourth-order valence-electron chi connectivity index (χ4n) is 3.04. The Balaban J connectivity index is 1.74. The molecule has 1 aliphatic rings. The van der Waals surface area contributed by atoms with Crippen molar-refractivity contribution >= 4 is 0 Å². The van der Waals surface area contributed by atoms with Gasteiger partial charge in [-0.3, -0.25) is 4.90 Å². The van der Waals surface area contributed by atoms with E-state index in [1.807, 2.05) is 6.92 Å². The monoisotopic (exact) mass is 355 g/mol. The highest BCUT2D eigenvalue weighted by Gasteiger charge is 2.31. The molecular formula is C17H20F3N3O2. The third kappa shape index (κ3) is 4.01. The fraction of sp³-hybridized carbons (Fsp3) is 0.529. The summed E-state index contributed by atoms with van der Waals surface area (Å²) in [6.45, 7) is 3.76. The minimum absolute atomic E-state index is 0.119. The molecule has 1 saturated heterocycles. The molecule has 5 nitrogen and oxygen atoms in total. The first-order valence-electron chi connectivity index (χ1n) is 8.24. The van der Waals surface area contributed by atoms with E-state index >= 15 is 0 Å². The highest BCUT2D eigenvalue weighted by molar-refractivity contribution is 5.55. The van der Waals surface area contributed by atoms with E-state index in [1.165, 1.54) is 12.1 Å². The maximum absolute atomic E-state index is 12.8. The van der Waals surface area contributed by atoms with E-state index in [1.54, 1.807) is 0 Å². The molecule has 0 bridgehead atoms. The molecule has 0 amide bonds. The second-order valence-electron chi connectivity index (χ2n) is 6.37. The largest absolute Gasteiger partial charge is 0.416 e. The quantitative estimate of drug-likeness (QED) is 0.909. The van der Waals surface area contributed by atoms with Gasteiger partial charge in [-0.2, -0.15) is 18.2 Å². The van der Waals surface area contributed by atoms with Gasteiger partial charge < -0.3 is 9.63 Å². The minimum Gasteiger partial charge on any atom is -0.396 e. The lowest BCUT2D eigenvalue weighted by Crippen LogP contribution is -2.36. The fourth-order valence-corrected chi connectivity index (χ4v) is 3.04. The predicted octanol–water partition coefficient (Wildman–Crippen LogP) is 3.52. The summed E-state index contributed by atoms with van der Waals surface area (Å²) in [6.07, 6.45) is -2.61. The number of piperidine rings is 1. The number of nitrogens with zero attached hydrogens (tertiary/aromatic N) is 3. The number of likely N-dealkylation sites (tertiary alicyclic amines) is 1. The molecule has 1 aromatic heterocycles. The van der Waals surface area contributed by atoms with Crippen molar-refractivity contribution in [1.82, 2.24) is 15.0 Å². The van der Waals surface area contributed by atoms with Gasteiger partial charge >= 0.3 is 6.18 Å². The lowest BCUT2D eigenvalue weighted by molar-refractivity contribution is -0.137. The van der Waals surface area contributed by atoms with Crippen molar-refractivity contribution in [3.8, 4) is 11.4 Å². The normalized spacial score (nSPS) is 18.4. The molecule has 2 aromatic rings. The predicted molar refractivity (Wildman–Crippen MR) is 84.5 cm³/mol. The summed E-state index contributed by atoms with van der Waals surface area (Å²) >= 11 is 0. The van der Waals surface area contributed by atoms with E-state index in [4.69, 9.17) is 4.52 Å². The van der Waals surface area contributed by atoms with E-state index in [9.17, 15) is 18.3 Å². The van der Waals surface area contributed by atoms with Crippen molar-refractivity contribution in [1.29, 1.82) is 0 Å². The zero-order valence-corrected chi connectivity index (χ0v) is 13.8. The van der Waals surface area contributed by atoms with Gasteiger partial charge in [0.25, 0.3) is 0 Å². The van der Waals surface area contributed by atoms with E-state index < -0.39 is 11.7 Å². The Labute approximate surface area is 143 Å².